The van der Waals surface area contributed by atoms with Crippen LogP contribution in [-0.2, 0) is 30.3 Å². The van der Waals surface area contributed by atoms with Crippen LogP contribution in [0.25, 0.3) is 0 Å². The molecule has 1 aromatic heterocycles. The van der Waals surface area contributed by atoms with Crippen molar-refractivity contribution in [3.63, 3.8) is 0 Å². The largest absolute Gasteiger partial charge is 0.772 e. The molecule has 3 amide bonds. The molecule has 3 atom stereocenters. The van der Waals surface area contributed by atoms with E-state index in [1.807, 2.05) is 30.3 Å². The van der Waals surface area contributed by atoms with Crippen molar-refractivity contribution >= 4 is 56.4 Å². The van der Waals surface area contributed by atoms with Crippen LogP contribution in [0.5, 0.6) is 0 Å². The van der Waals surface area contributed by atoms with Gasteiger partial charge in [0.2, 0.25) is 0 Å². The molecule has 0 radical (unpaired) electrons. The summed E-state index contributed by atoms with van der Waals surface area (Å²) in [6.45, 7) is 2.51. The summed E-state index contributed by atoms with van der Waals surface area (Å²) in [4.78, 5) is 56.8. The zero-order valence-electron chi connectivity index (χ0n) is 20.0. The van der Waals surface area contributed by atoms with Gasteiger partial charge in [0, 0.05) is 30.0 Å². The van der Waals surface area contributed by atoms with E-state index < -0.39 is 40.5 Å². The van der Waals surface area contributed by atoms with Crippen LogP contribution in [0.15, 0.2) is 53.7 Å². The fraction of sp³-hybridized carbons (Fsp3) is 0.375. The molecule has 0 bridgehead atoms. The fourth-order valence-corrected chi connectivity index (χ4v) is 5.98. The number of aromatic nitrogens is 1. The van der Waals surface area contributed by atoms with Gasteiger partial charge < -0.3 is 14.7 Å². The smallest absolute Gasteiger partial charge is 0.333 e. The molecule has 1 fully saturated rings. The Labute approximate surface area is 224 Å². The van der Waals surface area contributed by atoms with Gasteiger partial charge in [0.25, 0.3) is 17.7 Å². The van der Waals surface area contributed by atoms with Gasteiger partial charge in [0.1, 0.15) is 10.3 Å². The van der Waals surface area contributed by atoms with Crippen molar-refractivity contribution in [3.05, 3.63) is 59.8 Å². The third-order valence-electron chi connectivity index (χ3n) is 5.39. The molecule has 0 saturated carbocycles. The molecular formula is C24H26N3O7S3-. The van der Waals surface area contributed by atoms with E-state index in [1.165, 1.54) is 0 Å². The van der Waals surface area contributed by atoms with Crippen molar-refractivity contribution in [3.8, 4) is 0 Å². The van der Waals surface area contributed by atoms with Crippen LogP contribution in [0.2, 0.25) is 0 Å². The molecule has 198 valence electrons. The average molecular weight is 565 g/mol. The van der Waals surface area contributed by atoms with E-state index in [0.29, 0.717) is 31.4 Å². The third kappa shape index (κ3) is 8.66. The Balaban J connectivity index is 1.30. The Kier molecular flexibility index (Phi) is 11.1. The molecule has 13 heteroatoms. The van der Waals surface area contributed by atoms with Crippen LogP contribution in [0.3, 0.4) is 0 Å². The van der Waals surface area contributed by atoms with Crippen LogP contribution < -0.4 is 5.32 Å². The summed E-state index contributed by atoms with van der Waals surface area (Å²) < 4.78 is 21.9. The van der Waals surface area contributed by atoms with Gasteiger partial charge in [-0.25, -0.2) is 9.78 Å². The van der Waals surface area contributed by atoms with E-state index in [2.05, 4.69) is 17.2 Å². The highest BCUT2D eigenvalue weighted by Gasteiger charge is 2.42. The highest BCUT2D eigenvalue weighted by Crippen LogP contribution is 2.41. The van der Waals surface area contributed by atoms with E-state index in [-0.39, 0.29) is 22.6 Å². The normalized spacial score (nSPS) is 16.9. The van der Waals surface area contributed by atoms with Gasteiger partial charge >= 0.3 is 5.97 Å². The van der Waals surface area contributed by atoms with Crippen LogP contribution in [0.4, 0.5) is 0 Å². The summed E-state index contributed by atoms with van der Waals surface area (Å²) in [6.07, 6.45) is 2.82. The second-order valence-corrected chi connectivity index (χ2v) is 11.8. The SMILES string of the molecule is CC(SSc1ccccn1)c1ccc(C(=O)NCCCCCC(=O)ON2C(=O)CC(S(=O)[O-])C2=O)cc1. The fourth-order valence-electron chi connectivity index (χ4n) is 3.33. The van der Waals surface area contributed by atoms with E-state index in [0.717, 1.165) is 10.6 Å². The Hall–Kier alpha value is -2.74. The second kappa shape index (κ2) is 14.3. The molecule has 0 spiro atoms. The molecule has 2 aromatic rings. The second-order valence-electron chi connectivity index (χ2n) is 8.12. The molecule has 1 N–H and O–H groups in total. The lowest BCUT2D eigenvalue weighted by atomic mass is 10.1. The topological polar surface area (TPSA) is 146 Å². The quantitative estimate of drug-likeness (QED) is 0.166. The van der Waals surface area contributed by atoms with Gasteiger partial charge in [-0.05, 0) is 71.5 Å². The monoisotopic (exact) mass is 564 g/mol. The van der Waals surface area contributed by atoms with Gasteiger partial charge in [0.05, 0.1) is 6.42 Å². The predicted octanol–water partition coefficient (Wildman–Crippen LogP) is 3.34. The summed E-state index contributed by atoms with van der Waals surface area (Å²) in [6, 6.07) is 13.2. The molecule has 3 rings (SSSR count). The highest BCUT2D eigenvalue weighted by molar-refractivity contribution is 8.76. The summed E-state index contributed by atoms with van der Waals surface area (Å²) in [5.41, 5.74) is 1.66. The summed E-state index contributed by atoms with van der Waals surface area (Å²) in [7, 11) is 3.29. The number of rotatable bonds is 13. The number of nitrogens with zero attached hydrogens (tertiary/aromatic N) is 2. The number of amides is 3. The molecule has 3 unspecified atom stereocenters. The van der Waals surface area contributed by atoms with Crippen LogP contribution in [-0.4, -0.2) is 54.3 Å². The molecule has 1 saturated heterocycles. The zero-order valence-corrected chi connectivity index (χ0v) is 22.4. The third-order valence-corrected chi connectivity index (χ3v) is 8.96. The number of benzene rings is 1. The van der Waals surface area contributed by atoms with Crippen LogP contribution in [0, 0.1) is 0 Å². The van der Waals surface area contributed by atoms with Gasteiger partial charge in [-0.3, -0.25) is 18.6 Å². The maximum absolute atomic E-state index is 12.4. The molecule has 1 aliphatic rings. The number of unbranched alkanes of at least 4 members (excludes halogenated alkanes) is 2. The minimum atomic E-state index is -2.76. The highest BCUT2D eigenvalue weighted by atomic mass is 33.1. The Morgan fingerprint density at radius 3 is 2.59 bits per heavy atom. The minimum Gasteiger partial charge on any atom is -0.772 e. The summed E-state index contributed by atoms with van der Waals surface area (Å²) in [5.74, 6) is -2.90. The van der Waals surface area contributed by atoms with E-state index in [1.54, 1.807) is 39.9 Å². The maximum atomic E-state index is 12.4. The number of nitrogens with one attached hydrogen (secondary N) is 1. The van der Waals surface area contributed by atoms with Crippen LogP contribution in [0.1, 0.15) is 60.2 Å². The first kappa shape index (κ1) is 28.8. The molecule has 10 nitrogen and oxygen atoms in total. The van der Waals surface area contributed by atoms with Crippen molar-refractivity contribution in [2.45, 2.75) is 54.6 Å². The number of carbonyl (C=O) groups excluding carboxylic acids is 4. The molecular weight excluding hydrogens is 538 g/mol. The first-order valence-corrected chi connectivity index (χ1v) is 14.9. The van der Waals surface area contributed by atoms with E-state index in [9.17, 15) is 27.9 Å². The van der Waals surface area contributed by atoms with E-state index >= 15 is 0 Å². The molecule has 1 aromatic carbocycles. The van der Waals surface area contributed by atoms with E-state index in [4.69, 9.17) is 4.84 Å². The van der Waals surface area contributed by atoms with Gasteiger partial charge in [0.15, 0.2) is 0 Å². The van der Waals surface area contributed by atoms with Gasteiger partial charge in [-0.2, -0.15) is 0 Å². The zero-order chi connectivity index (χ0) is 26.8. The average Bonchev–Trinajstić information content (AvgIpc) is 3.18. The lowest BCUT2D eigenvalue weighted by Crippen LogP contribution is -2.35. The first-order valence-electron chi connectivity index (χ1n) is 11.5. The van der Waals surface area contributed by atoms with Crippen molar-refractivity contribution in [1.29, 1.82) is 0 Å². The molecule has 0 aliphatic carbocycles. The number of carbonyl (C=O) groups is 4. The lowest BCUT2D eigenvalue weighted by molar-refractivity contribution is -0.197. The first-order chi connectivity index (χ1) is 17.8. The molecule has 37 heavy (non-hydrogen) atoms. The Bertz CT molecular complexity index is 1130. The number of hydrogen-bond donors (Lipinski definition) is 1. The minimum absolute atomic E-state index is 0.0492. The Morgan fingerprint density at radius 2 is 1.95 bits per heavy atom. The van der Waals surface area contributed by atoms with Crippen molar-refractivity contribution in [2.24, 2.45) is 0 Å². The van der Waals surface area contributed by atoms with Crippen LogP contribution >= 0.6 is 21.6 Å². The van der Waals surface area contributed by atoms with Crippen molar-refractivity contribution in [2.75, 3.05) is 6.54 Å². The van der Waals surface area contributed by atoms with Gasteiger partial charge in [-0.15, -0.1) is 5.06 Å². The number of hydroxylamine groups is 2. The number of hydrogen-bond acceptors (Lipinski definition) is 10. The Morgan fingerprint density at radius 1 is 1.19 bits per heavy atom. The van der Waals surface area contributed by atoms with Gasteiger partial charge in [-0.1, -0.05) is 35.4 Å². The lowest BCUT2D eigenvalue weighted by Gasteiger charge is -2.14. The molecule has 1 aliphatic heterocycles. The number of imide groups is 1. The predicted molar refractivity (Wildman–Crippen MR) is 139 cm³/mol. The maximum Gasteiger partial charge on any atom is 0.333 e. The molecule has 2 heterocycles. The summed E-state index contributed by atoms with van der Waals surface area (Å²) in [5, 5.41) is 2.71. The number of pyridine rings is 1. The van der Waals surface area contributed by atoms with Crippen molar-refractivity contribution < 1.29 is 32.8 Å². The van der Waals surface area contributed by atoms with Crippen molar-refractivity contribution in [1.82, 2.24) is 15.4 Å². The summed E-state index contributed by atoms with van der Waals surface area (Å²) >= 11 is -2.76. The standard InChI is InChI=1S/C24H27N3O7S3/c1-16(35-36-20-7-4-6-13-25-20)17-9-11-18(12-10-17)23(30)26-14-5-2-3-8-22(29)34-27-21(28)15-19(24(27)31)37(32)33/h4,6-7,9-13,16,19H,2-3,5,8,14-15H2,1H3,(H,26,30)(H,32,33)/p-1.